The second-order valence-electron chi connectivity index (χ2n) is 18.3. The minimum absolute atomic E-state index is 0.137. The lowest BCUT2D eigenvalue weighted by Gasteiger charge is -2.28. The van der Waals surface area contributed by atoms with Crippen molar-refractivity contribution in [3.8, 4) is 45.2 Å². The van der Waals surface area contributed by atoms with E-state index in [1.807, 2.05) is 45.3 Å². The zero-order valence-corrected chi connectivity index (χ0v) is 40.7. The lowest BCUT2D eigenvalue weighted by atomic mass is 9.87. The van der Waals surface area contributed by atoms with Gasteiger partial charge in [0, 0.05) is 41.4 Å². The number of methoxy groups -OCH3 is 3. The summed E-state index contributed by atoms with van der Waals surface area (Å²) in [7, 11) is 4.23. The van der Waals surface area contributed by atoms with E-state index in [4.69, 9.17) is 19.4 Å². The molecule has 4 heterocycles. The molecular weight excluding hydrogens is 863 g/mol. The van der Waals surface area contributed by atoms with Crippen molar-refractivity contribution in [2.45, 2.75) is 92.3 Å². The molecule has 2 atom stereocenters. The molecule has 1 saturated heterocycles. The number of aromatic nitrogens is 5. The number of fused-ring (bicyclic) bond motifs is 5. The Morgan fingerprint density at radius 1 is 0.868 bits per heavy atom. The molecule has 0 saturated carbocycles. The van der Waals surface area contributed by atoms with E-state index in [0.717, 1.165) is 100.0 Å². The highest BCUT2D eigenvalue weighted by molar-refractivity contribution is 5.97. The van der Waals surface area contributed by atoms with Crippen LogP contribution >= 0.6 is 0 Å². The van der Waals surface area contributed by atoms with E-state index in [9.17, 15) is 19.2 Å². The number of hydrogen-bond acceptors (Lipinski definition) is 9. The van der Waals surface area contributed by atoms with Crippen molar-refractivity contribution in [3.63, 3.8) is 0 Å². The molecule has 3 aromatic carbocycles. The van der Waals surface area contributed by atoms with E-state index in [1.165, 1.54) is 25.3 Å². The summed E-state index contributed by atoms with van der Waals surface area (Å²) < 4.78 is 17.4. The van der Waals surface area contributed by atoms with Gasteiger partial charge >= 0.3 is 12.2 Å². The molecule has 2 aliphatic rings. The van der Waals surface area contributed by atoms with Gasteiger partial charge in [-0.1, -0.05) is 65.8 Å². The summed E-state index contributed by atoms with van der Waals surface area (Å²) in [4.78, 5) is 70.4. The molecule has 360 valence electrons. The predicted octanol–water partition coefficient (Wildman–Crippen LogP) is 8.99. The molecule has 1 aliphatic carbocycles. The third-order valence-electron chi connectivity index (χ3n) is 12.2. The lowest BCUT2D eigenvalue weighted by molar-refractivity contribution is -0.135. The smallest absolute Gasteiger partial charge is 0.407 e. The topological polar surface area (TPSA) is 189 Å². The maximum Gasteiger partial charge on any atom is 0.407 e. The van der Waals surface area contributed by atoms with Gasteiger partial charge in [0.05, 0.1) is 68.9 Å². The molecule has 16 nitrogen and oxygen atoms in total. The highest BCUT2D eigenvalue weighted by atomic mass is 16.5. The Kier molecular flexibility index (Phi) is 15.6. The van der Waals surface area contributed by atoms with Gasteiger partial charge < -0.3 is 49.2 Å². The largest absolute Gasteiger partial charge is 0.497 e. The average molecular weight is 928 g/mol. The van der Waals surface area contributed by atoms with Crippen molar-refractivity contribution in [2.24, 2.45) is 11.8 Å². The summed E-state index contributed by atoms with van der Waals surface area (Å²) in [5.41, 5.74) is 10.4. The van der Waals surface area contributed by atoms with Crippen molar-refractivity contribution >= 4 is 34.9 Å². The predicted molar refractivity (Wildman–Crippen MR) is 262 cm³/mol. The summed E-state index contributed by atoms with van der Waals surface area (Å²) in [6, 6.07) is 20.2. The van der Waals surface area contributed by atoms with Crippen molar-refractivity contribution in [3.05, 3.63) is 95.8 Å². The fourth-order valence-corrected chi connectivity index (χ4v) is 9.06. The molecule has 0 spiro atoms. The van der Waals surface area contributed by atoms with Crippen LogP contribution in [0.15, 0.2) is 73.1 Å². The monoisotopic (exact) mass is 928 g/mol. The van der Waals surface area contributed by atoms with E-state index in [1.54, 1.807) is 16.9 Å². The number of carbonyl (C=O) groups is 4. The molecule has 4 amide bonds. The number of aryl methyl sites for hydroxylation is 2. The molecule has 16 heteroatoms. The van der Waals surface area contributed by atoms with Gasteiger partial charge in [0.1, 0.15) is 30.0 Å². The minimum Gasteiger partial charge on any atom is -0.497 e. The first-order chi connectivity index (χ1) is 32.7. The van der Waals surface area contributed by atoms with Crippen LogP contribution < -0.4 is 15.4 Å². The summed E-state index contributed by atoms with van der Waals surface area (Å²) in [6.45, 7) is 13.5. The normalized spacial score (nSPS) is 14.5. The highest BCUT2D eigenvalue weighted by Crippen LogP contribution is 2.44. The minimum atomic E-state index is -0.734. The molecular formula is C52H65N9O7. The number of hydrogen-bond donors (Lipinski definition) is 4. The second kappa shape index (κ2) is 21.7. The summed E-state index contributed by atoms with van der Waals surface area (Å²) in [5, 5.41) is 6.33. The average Bonchev–Trinajstić information content (AvgIpc) is 4.18. The molecule has 1 fully saturated rings. The van der Waals surface area contributed by atoms with Crippen molar-refractivity contribution in [1.29, 1.82) is 0 Å². The number of nitrogens with zero attached hydrogens (tertiary/aromatic N) is 5. The Morgan fingerprint density at radius 3 is 2.31 bits per heavy atom. The van der Waals surface area contributed by atoms with Gasteiger partial charge in [-0.3, -0.25) is 9.59 Å². The summed E-state index contributed by atoms with van der Waals surface area (Å²) in [6.07, 6.45) is 6.36. The number of imidazole rings is 2. The van der Waals surface area contributed by atoms with Gasteiger partial charge in [-0.15, -0.1) is 0 Å². The Bertz CT molecular complexity index is 2750. The van der Waals surface area contributed by atoms with Crippen LogP contribution in [0, 0.1) is 11.8 Å². The van der Waals surface area contributed by atoms with Gasteiger partial charge in [0.15, 0.2) is 0 Å². The Hall–Kier alpha value is -7.10. The molecule has 6 aromatic rings. The molecule has 1 aliphatic heterocycles. The van der Waals surface area contributed by atoms with Crippen molar-refractivity contribution in [1.82, 2.24) is 44.9 Å². The first-order valence-corrected chi connectivity index (χ1v) is 23.5. The van der Waals surface area contributed by atoms with E-state index >= 15 is 0 Å². The van der Waals surface area contributed by atoms with E-state index in [-0.39, 0.29) is 36.9 Å². The number of likely N-dealkylation sites (tertiary alicyclic amines) is 1. The molecule has 0 radical (unpaired) electrons. The number of benzene rings is 3. The quantitative estimate of drug-likeness (QED) is 0.0827. The second-order valence-corrected chi connectivity index (χ2v) is 18.3. The molecule has 2 unspecified atom stereocenters. The van der Waals surface area contributed by atoms with E-state index in [2.05, 4.69) is 99.2 Å². The van der Waals surface area contributed by atoms with Crippen LogP contribution in [0.2, 0.25) is 0 Å². The number of ether oxygens (including phenoxy) is 3. The summed E-state index contributed by atoms with van der Waals surface area (Å²) in [5.74, 6) is 2.44. The zero-order valence-electron chi connectivity index (χ0n) is 40.7. The molecule has 68 heavy (non-hydrogen) atoms. The number of carbonyl (C=O) groups excluding carboxylic acids is 4. The van der Waals surface area contributed by atoms with Gasteiger partial charge in [-0.25, -0.2) is 19.6 Å². The molecule has 0 bridgehead atoms. The number of amides is 4. The van der Waals surface area contributed by atoms with Crippen LogP contribution in [-0.4, -0.2) is 105 Å². The molecule has 8 rings (SSSR count). The summed E-state index contributed by atoms with van der Waals surface area (Å²) >= 11 is 0. The first-order valence-electron chi connectivity index (χ1n) is 23.5. The zero-order chi connectivity index (χ0) is 48.6. The van der Waals surface area contributed by atoms with Crippen LogP contribution in [0.25, 0.3) is 50.4 Å². The van der Waals surface area contributed by atoms with Crippen LogP contribution in [-0.2, 0) is 38.4 Å². The molecule has 4 N–H and O–H groups in total. The number of nitrogens with one attached hydrogen (secondary N) is 4. The third kappa shape index (κ3) is 10.7. The number of alkyl carbamates (subject to hydrolysis) is 2. The molecule has 3 aromatic heterocycles. The van der Waals surface area contributed by atoms with Gasteiger partial charge in [0.2, 0.25) is 11.8 Å². The van der Waals surface area contributed by atoms with E-state index < -0.39 is 18.2 Å². The van der Waals surface area contributed by atoms with Gasteiger partial charge in [0.25, 0.3) is 0 Å². The van der Waals surface area contributed by atoms with E-state index in [0.29, 0.717) is 18.9 Å². The lowest BCUT2D eigenvalue weighted by Crippen LogP contribution is -2.51. The number of rotatable bonds is 14. The SMILES string of the molecule is CC(C)C.CCCN(Cc1ncc(-c2ccc3c(c2)c2c(n3-c3cccc(OC)c3)-c3ccc(-c4cnc(C5CCCN5C(=O)CNC(=O)OC)[nH]4)cc3CC2)[nH]1)C(=O)C(NC(=O)OC)C(C)C. The van der Waals surface area contributed by atoms with Crippen molar-refractivity contribution < 1.29 is 33.4 Å². The van der Waals surface area contributed by atoms with Crippen molar-refractivity contribution in [2.75, 3.05) is 41.0 Å². The standard InChI is InChI=1S/C48H55N9O7.C4H10/c1-7-19-55(46(59)43(28(2)3)54-48(61)64-6)27-41-49-24-37(52-41)31-15-18-39-36(22-31)35-17-13-29-21-30(14-16-34(29)44(35)57(39)32-10-8-11-33(23-32)62-4)38-25-50-45(53-38)40-12-9-20-56(40)42(58)26-51-47(60)63-5;1-4(2)3/h8,10-11,14-16,18,21-25,28,40,43H,7,9,12-13,17,19-20,26-27H2,1-6H3,(H,49,52)(H,50,53)(H,51,60)(H,54,61);4H,1-3H3. The number of aromatic amines is 2. The first kappa shape index (κ1) is 48.8. The number of H-pyrrole nitrogens is 2. The maximum atomic E-state index is 13.7. The highest BCUT2D eigenvalue weighted by Gasteiger charge is 2.33. The third-order valence-corrected chi connectivity index (χ3v) is 12.2. The fraction of sp³-hybridized carbons (Fsp3) is 0.423. The Balaban J connectivity index is 0.00000165. The maximum absolute atomic E-state index is 13.7. The van der Waals surface area contributed by atoms with Gasteiger partial charge in [-0.05, 0) is 91.0 Å². The van der Waals surface area contributed by atoms with Crippen LogP contribution in [0.4, 0.5) is 9.59 Å². The van der Waals surface area contributed by atoms with Crippen LogP contribution in [0.5, 0.6) is 5.75 Å². The van der Waals surface area contributed by atoms with Gasteiger partial charge in [-0.2, -0.15) is 0 Å². The fourth-order valence-electron chi connectivity index (χ4n) is 9.06. The Labute approximate surface area is 398 Å². The van der Waals surface area contributed by atoms with Crippen LogP contribution in [0.3, 0.4) is 0 Å². The Morgan fingerprint density at radius 2 is 1.59 bits per heavy atom. The van der Waals surface area contributed by atoms with Crippen LogP contribution in [0.1, 0.15) is 89.6 Å².